The van der Waals surface area contributed by atoms with Crippen LogP contribution in [-0.4, -0.2) is 53.9 Å². The Morgan fingerprint density at radius 2 is 1.92 bits per heavy atom. The van der Waals surface area contributed by atoms with E-state index in [1.165, 1.54) is 0 Å². The van der Waals surface area contributed by atoms with Crippen molar-refractivity contribution in [2.75, 3.05) is 20.1 Å². The highest BCUT2D eigenvalue weighted by Gasteiger charge is 2.36. The van der Waals surface area contributed by atoms with Crippen LogP contribution in [0.15, 0.2) is 18.2 Å². The number of likely N-dealkylation sites (tertiary alicyclic amines) is 1. The van der Waals surface area contributed by atoms with Crippen molar-refractivity contribution >= 4 is 11.8 Å². The SMILES string of the molecule is Cc1cccc2c1OC(C(=O)N1CCC(C(=O)N(C)C(C)C)CC1)C2. The van der Waals surface area contributed by atoms with E-state index >= 15 is 0 Å². The van der Waals surface area contributed by atoms with Gasteiger partial charge in [-0.15, -0.1) is 0 Å². The molecule has 5 nitrogen and oxygen atoms in total. The van der Waals surface area contributed by atoms with Gasteiger partial charge in [-0.2, -0.15) is 0 Å². The van der Waals surface area contributed by atoms with Crippen LogP contribution in [0.2, 0.25) is 0 Å². The van der Waals surface area contributed by atoms with Crippen LogP contribution in [-0.2, 0) is 16.0 Å². The number of ether oxygens (including phenoxy) is 1. The number of carbonyl (C=O) groups is 2. The summed E-state index contributed by atoms with van der Waals surface area (Å²) in [5, 5.41) is 0. The van der Waals surface area contributed by atoms with Crippen molar-refractivity contribution < 1.29 is 14.3 Å². The summed E-state index contributed by atoms with van der Waals surface area (Å²) in [5.41, 5.74) is 2.19. The minimum absolute atomic E-state index is 0.0281. The predicted molar refractivity (Wildman–Crippen MR) is 96.5 cm³/mol. The summed E-state index contributed by atoms with van der Waals surface area (Å²) in [6.45, 7) is 7.32. The Morgan fingerprint density at radius 1 is 1.24 bits per heavy atom. The summed E-state index contributed by atoms with van der Waals surface area (Å²) in [6, 6.07) is 6.25. The highest BCUT2D eigenvalue weighted by atomic mass is 16.5. The van der Waals surface area contributed by atoms with Gasteiger partial charge in [-0.1, -0.05) is 18.2 Å². The lowest BCUT2D eigenvalue weighted by molar-refractivity contribution is -0.144. The maximum atomic E-state index is 12.8. The summed E-state index contributed by atoms with van der Waals surface area (Å²) in [6.07, 6.45) is 1.70. The molecule has 0 spiro atoms. The van der Waals surface area contributed by atoms with Gasteiger partial charge in [0.25, 0.3) is 5.91 Å². The van der Waals surface area contributed by atoms with Crippen LogP contribution < -0.4 is 4.74 Å². The number of piperidine rings is 1. The van der Waals surface area contributed by atoms with Gasteiger partial charge in [-0.05, 0) is 44.7 Å². The fourth-order valence-corrected chi connectivity index (χ4v) is 3.66. The molecule has 25 heavy (non-hydrogen) atoms. The smallest absolute Gasteiger partial charge is 0.263 e. The van der Waals surface area contributed by atoms with Gasteiger partial charge in [0, 0.05) is 38.5 Å². The van der Waals surface area contributed by atoms with Crippen molar-refractivity contribution in [3.05, 3.63) is 29.3 Å². The maximum Gasteiger partial charge on any atom is 0.263 e. The van der Waals surface area contributed by atoms with Crippen LogP contribution in [0.3, 0.4) is 0 Å². The quantitative estimate of drug-likeness (QED) is 0.846. The lowest BCUT2D eigenvalue weighted by Gasteiger charge is -2.35. The van der Waals surface area contributed by atoms with Crippen molar-refractivity contribution in [1.82, 2.24) is 9.80 Å². The molecule has 0 aromatic heterocycles. The monoisotopic (exact) mass is 344 g/mol. The molecule has 2 aliphatic heterocycles. The largest absolute Gasteiger partial charge is 0.480 e. The number of rotatable bonds is 3. The molecule has 0 bridgehead atoms. The maximum absolute atomic E-state index is 12.8. The van der Waals surface area contributed by atoms with E-state index in [0.717, 1.165) is 29.7 Å². The fourth-order valence-electron chi connectivity index (χ4n) is 3.66. The van der Waals surface area contributed by atoms with Gasteiger partial charge >= 0.3 is 0 Å². The summed E-state index contributed by atoms with van der Waals surface area (Å²) in [5.74, 6) is 1.14. The Balaban J connectivity index is 1.56. The molecule has 1 aromatic carbocycles. The van der Waals surface area contributed by atoms with E-state index in [1.807, 2.05) is 55.8 Å². The third-order valence-corrected chi connectivity index (χ3v) is 5.51. The molecule has 2 amide bonds. The number of carbonyl (C=O) groups excluding carboxylic acids is 2. The number of amides is 2. The Bertz CT molecular complexity index is 663. The van der Waals surface area contributed by atoms with Crippen LogP contribution in [0.4, 0.5) is 0 Å². The number of benzene rings is 1. The van der Waals surface area contributed by atoms with E-state index in [-0.39, 0.29) is 23.8 Å². The average molecular weight is 344 g/mol. The molecule has 136 valence electrons. The predicted octanol–water partition coefficient (Wildman–Crippen LogP) is 2.40. The minimum atomic E-state index is -0.415. The van der Waals surface area contributed by atoms with Crippen molar-refractivity contribution in [3.8, 4) is 5.75 Å². The zero-order valence-corrected chi connectivity index (χ0v) is 15.6. The third kappa shape index (κ3) is 3.51. The first-order chi connectivity index (χ1) is 11.9. The molecule has 1 fully saturated rings. The number of nitrogens with zero attached hydrogens (tertiary/aromatic N) is 2. The normalized spacial score (nSPS) is 20.4. The van der Waals surface area contributed by atoms with Crippen LogP contribution in [0.5, 0.6) is 5.75 Å². The molecule has 1 saturated heterocycles. The van der Waals surface area contributed by atoms with Gasteiger partial charge in [-0.25, -0.2) is 0 Å². The van der Waals surface area contributed by atoms with Gasteiger partial charge in [0.2, 0.25) is 5.91 Å². The summed E-state index contributed by atoms with van der Waals surface area (Å²) >= 11 is 0. The van der Waals surface area contributed by atoms with E-state index in [4.69, 9.17) is 4.74 Å². The Morgan fingerprint density at radius 3 is 2.52 bits per heavy atom. The lowest BCUT2D eigenvalue weighted by Crippen LogP contribution is -2.48. The van der Waals surface area contributed by atoms with Crippen LogP contribution in [0.25, 0.3) is 0 Å². The summed E-state index contributed by atoms with van der Waals surface area (Å²) in [7, 11) is 1.86. The van der Waals surface area contributed by atoms with Crippen LogP contribution in [0, 0.1) is 12.8 Å². The molecule has 2 aliphatic rings. The third-order valence-electron chi connectivity index (χ3n) is 5.51. The second kappa shape index (κ2) is 7.06. The number of fused-ring (bicyclic) bond motifs is 1. The van der Waals surface area contributed by atoms with E-state index in [9.17, 15) is 9.59 Å². The highest BCUT2D eigenvalue weighted by Crippen LogP contribution is 2.33. The van der Waals surface area contributed by atoms with Crippen molar-refractivity contribution in [2.24, 2.45) is 5.92 Å². The molecule has 2 heterocycles. The molecule has 0 radical (unpaired) electrons. The summed E-state index contributed by atoms with van der Waals surface area (Å²) in [4.78, 5) is 28.9. The molecule has 0 aliphatic carbocycles. The highest BCUT2D eigenvalue weighted by molar-refractivity contribution is 5.84. The molecule has 1 unspecified atom stereocenters. The molecule has 3 rings (SSSR count). The first kappa shape index (κ1) is 17.8. The number of aryl methyl sites for hydroxylation is 1. The Labute approximate surface area is 149 Å². The van der Waals surface area contributed by atoms with Gasteiger partial charge in [-0.3, -0.25) is 9.59 Å². The van der Waals surface area contributed by atoms with Crippen molar-refractivity contribution in [1.29, 1.82) is 0 Å². The molecular weight excluding hydrogens is 316 g/mol. The second-order valence-electron chi connectivity index (χ2n) is 7.52. The van der Waals surface area contributed by atoms with Gasteiger partial charge in [0.15, 0.2) is 6.10 Å². The fraction of sp³-hybridized carbons (Fsp3) is 0.600. The van der Waals surface area contributed by atoms with Gasteiger partial charge < -0.3 is 14.5 Å². The van der Waals surface area contributed by atoms with Crippen molar-refractivity contribution in [3.63, 3.8) is 0 Å². The summed E-state index contributed by atoms with van der Waals surface area (Å²) < 4.78 is 5.93. The molecule has 5 heteroatoms. The number of hydrogen-bond donors (Lipinski definition) is 0. The topological polar surface area (TPSA) is 49.9 Å². The van der Waals surface area contributed by atoms with Crippen molar-refractivity contribution in [2.45, 2.75) is 52.2 Å². The van der Waals surface area contributed by atoms with E-state index in [2.05, 4.69) is 0 Å². The lowest BCUT2D eigenvalue weighted by atomic mass is 9.94. The van der Waals surface area contributed by atoms with Crippen LogP contribution in [0.1, 0.15) is 37.8 Å². The minimum Gasteiger partial charge on any atom is -0.480 e. The molecule has 0 saturated carbocycles. The van der Waals surface area contributed by atoms with E-state index < -0.39 is 6.10 Å². The second-order valence-corrected chi connectivity index (χ2v) is 7.52. The number of hydrogen-bond acceptors (Lipinski definition) is 3. The van der Waals surface area contributed by atoms with E-state index in [1.54, 1.807) is 0 Å². The zero-order chi connectivity index (χ0) is 18.1. The Kier molecular flexibility index (Phi) is 5.02. The number of para-hydroxylation sites is 1. The Hall–Kier alpha value is -2.04. The van der Waals surface area contributed by atoms with Crippen LogP contribution >= 0.6 is 0 Å². The molecule has 1 atom stereocenters. The average Bonchev–Trinajstić information content (AvgIpc) is 3.05. The molecule has 0 N–H and O–H groups in total. The molecule has 1 aromatic rings. The zero-order valence-electron chi connectivity index (χ0n) is 15.6. The standard InChI is InChI=1S/C20H28N2O3/c1-13(2)21(4)19(23)15-8-10-22(11-9-15)20(24)17-12-16-7-5-6-14(3)18(16)25-17/h5-7,13,15,17H,8-12H2,1-4H3. The van der Waals surface area contributed by atoms with E-state index in [0.29, 0.717) is 19.5 Å². The van der Waals surface area contributed by atoms with Gasteiger partial charge in [0.1, 0.15) is 5.75 Å². The first-order valence-electron chi connectivity index (χ1n) is 9.19. The first-order valence-corrected chi connectivity index (χ1v) is 9.19. The van der Waals surface area contributed by atoms with Gasteiger partial charge in [0.05, 0.1) is 0 Å². The molecular formula is C20H28N2O3.